The maximum absolute atomic E-state index is 11.6. The molecule has 0 aromatic heterocycles. The van der Waals surface area contributed by atoms with Gasteiger partial charge in [-0.15, -0.1) is 0 Å². The molecule has 1 atom stereocenters. The minimum atomic E-state index is -0.729. The summed E-state index contributed by atoms with van der Waals surface area (Å²) in [5.74, 6) is 2.09. The van der Waals surface area contributed by atoms with Gasteiger partial charge in [-0.1, -0.05) is 43.9 Å². The SMILES string of the molecule is C=C(C)/C(C)=C(\C=C(/C)C(=C)/C(CN)=C1/CCCc2c(C)ccc(C)c21)[C@@](S)(CC)C(C)=C=O. The molecule has 0 radical (unpaired) electrons. The molecule has 0 saturated carbocycles. The molecule has 0 amide bonds. The summed E-state index contributed by atoms with van der Waals surface area (Å²) >= 11 is 4.99. The van der Waals surface area contributed by atoms with Gasteiger partial charge in [-0.2, -0.15) is 12.6 Å². The second-order valence-corrected chi connectivity index (χ2v) is 10.4. The fourth-order valence-electron chi connectivity index (χ4n) is 4.96. The van der Waals surface area contributed by atoms with E-state index in [0.717, 1.165) is 52.7 Å². The van der Waals surface area contributed by atoms with Gasteiger partial charge in [-0.3, -0.25) is 0 Å². The molecule has 2 N–H and O–H groups in total. The van der Waals surface area contributed by atoms with E-state index in [4.69, 9.17) is 18.4 Å². The zero-order valence-electron chi connectivity index (χ0n) is 22.1. The summed E-state index contributed by atoms with van der Waals surface area (Å²) in [6.45, 7) is 23.4. The Balaban J connectivity index is 2.74. The number of rotatable bonds is 8. The van der Waals surface area contributed by atoms with Crippen LogP contribution < -0.4 is 5.73 Å². The van der Waals surface area contributed by atoms with Gasteiger partial charge in [0.1, 0.15) is 5.94 Å². The van der Waals surface area contributed by atoms with Gasteiger partial charge in [-0.25, -0.2) is 4.79 Å². The van der Waals surface area contributed by atoms with Crippen molar-refractivity contribution < 1.29 is 4.79 Å². The first kappa shape index (κ1) is 27.9. The summed E-state index contributed by atoms with van der Waals surface area (Å²) < 4.78 is -0.729. The van der Waals surface area contributed by atoms with Crippen LogP contribution in [0.4, 0.5) is 0 Å². The Bertz CT molecular complexity index is 1150. The van der Waals surface area contributed by atoms with E-state index in [1.165, 1.54) is 27.8 Å². The smallest absolute Gasteiger partial charge is 0.125 e. The number of hydrogen-bond donors (Lipinski definition) is 2. The van der Waals surface area contributed by atoms with Crippen molar-refractivity contribution in [1.29, 1.82) is 0 Å². The first-order valence-corrected chi connectivity index (χ1v) is 12.6. The first-order chi connectivity index (χ1) is 15.9. The van der Waals surface area contributed by atoms with Crippen LogP contribution in [0, 0.1) is 13.8 Å². The number of carbonyl (C=O) groups excluding carboxylic acids is 1. The lowest BCUT2D eigenvalue weighted by Gasteiger charge is -2.31. The topological polar surface area (TPSA) is 43.1 Å². The standard InChI is InChI=1S/C31H41NOS/c1-10-31(34,23(7)18-33)29(24(8)19(2)3)16-22(6)25(9)28(17-32)27-13-11-12-26-20(4)14-15-21(5)30(26)27/h14-16,34H,2,9-13,17,32H2,1,3-8H3/b22-16+,28-27-,29-24+/t31-/m1/s1. The minimum Gasteiger partial charge on any atom is -0.326 e. The van der Waals surface area contributed by atoms with Crippen LogP contribution in [0.5, 0.6) is 0 Å². The zero-order chi connectivity index (χ0) is 25.8. The largest absolute Gasteiger partial charge is 0.326 e. The average Bonchev–Trinajstić information content (AvgIpc) is 2.83. The lowest BCUT2D eigenvalue weighted by atomic mass is 9.78. The third-order valence-corrected chi connectivity index (χ3v) is 8.35. The summed E-state index contributed by atoms with van der Waals surface area (Å²) in [6.07, 6.45) is 6.00. The van der Waals surface area contributed by atoms with Crippen molar-refractivity contribution in [2.24, 2.45) is 5.73 Å². The molecule has 0 aliphatic heterocycles. The van der Waals surface area contributed by atoms with E-state index in [0.29, 0.717) is 18.5 Å². The molecule has 3 heteroatoms. The van der Waals surface area contributed by atoms with Crippen molar-refractivity contribution in [2.45, 2.75) is 78.9 Å². The van der Waals surface area contributed by atoms with Crippen LogP contribution in [-0.4, -0.2) is 17.2 Å². The van der Waals surface area contributed by atoms with Crippen LogP contribution in [0.3, 0.4) is 0 Å². The summed E-state index contributed by atoms with van der Waals surface area (Å²) in [5.41, 5.74) is 19.7. The van der Waals surface area contributed by atoms with E-state index >= 15 is 0 Å². The van der Waals surface area contributed by atoms with Crippen LogP contribution in [0.2, 0.25) is 0 Å². The highest BCUT2D eigenvalue weighted by Gasteiger charge is 2.32. The molecule has 1 aromatic carbocycles. The first-order valence-electron chi connectivity index (χ1n) is 12.2. The van der Waals surface area contributed by atoms with Crippen molar-refractivity contribution in [3.05, 3.63) is 92.6 Å². The van der Waals surface area contributed by atoms with Gasteiger partial charge >= 0.3 is 0 Å². The van der Waals surface area contributed by atoms with E-state index < -0.39 is 4.75 Å². The molecule has 182 valence electrons. The third-order valence-electron chi connectivity index (χ3n) is 7.46. The number of hydrogen-bond acceptors (Lipinski definition) is 3. The van der Waals surface area contributed by atoms with Crippen molar-refractivity contribution >= 4 is 24.1 Å². The Labute approximate surface area is 212 Å². The van der Waals surface area contributed by atoms with Gasteiger partial charge in [-0.05, 0) is 123 Å². The highest BCUT2D eigenvalue weighted by Crippen LogP contribution is 2.42. The highest BCUT2D eigenvalue weighted by atomic mass is 32.1. The average molecular weight is 476 g/mol. The molecule has 2 rings (SSSR count). The molecule has 0 fully saturated rings. The molecule has 1 aliphatic carbocycles. The Morgan fingerprint density at radius 3 is 2.29 bits per heavy atom. The van der Waals surface area contributed by atoms with Crippen molar-refractivity contribution in [3.63, 3.8) is 0 Å². The van der Waals surface area contributed by atoms with Crippen LogP contribution in [-0.2, 0) is 11.2 Å². The highest BCUT2D eigenvalue weighted by molar-refractivity contribution is 7.82. The summed E-state index contributed by atoms with van der Waals surface area (Å²) in [5, 5.41) is 0. The van der Waals surface area contributed by atoms with E-state index in [1.807, 2.05) is 20.8 Å². The van der Waals surface area contributed by atoms with Gasteiger partial charge in [0, 0.05) is 12.1 Å². The molecular weight excluding hydrogens is 434 g/mol. The Hall–Kier alpha value is -2.32. The number of thiol groups is 1. The normalized spacial score (nSPS) is 17.7. The van der Waals surface area contributed by atoms with Gasteiger partial charge in [0.05, 0.1) is 4.75 Å². The van der Waals surface area contributed by atoms with E-state index in [-0.39, 0.29) is 0 Å². The number of fused-ring (bicyclic) bond motifs is 1. The van der Waals surface area contributed by atoms with E-state index in [2.05, 4.69) is 58.1 Å². The fourth-order valence-corrected chi connectivity index (χ4v) is 5.24. The van der Waals surface area contributed by atoms with Crippen LogP contribution in [0.25, 0.3) is 5.57 Å². The van der Waals surface area contributed by atoms with Gasteiger partial charge < -0.3 is 5.73 Å². The number of benzene rings is 1. The molecule has 0 bridgehead atoms. The fraction of sp³-hybridized carbons (Fsp3) is 0.419. The molecule has 0 heterocycles. The van der Waals surface area contributed by atoms with Crippen LogP contribution in [0.1, 0.15) is 76.1 Å². The third kappa shape index (κ3) is 5.33. The Morgan fingerprint density at radius 1 is 1.15 bits per heavy atom. The molecule has 0 saturated heterocycles. The molecule has 2 nitrogen and oxygen atoms in total. The van der Waals surface area contributed by atoms with Gasteiger partial charge in [0.25, 0.3) is 0 Å². The van der Waals surface area contributed by atoms with Crippen LogP contribution in [0.15, 0.2) is 70.4 Å². The molecular formula is C31H41NOS. The monoisotopic (exact) mass is 475 g/mol. The van der Waals surface area contributed by atoms with Gasteiger partial charge in [0.2, 0.25) is 0 Å². The maximum Gasteiger partial charge on any atom is 0.125 e. The van der Waals surface area contributed by atoms with Crippen molar-refractivity contribution in [1.82, 2.24) is 0 Å². The number of nitrogens with two attached hydrogens (primary N) is 1. The molecule has 0 unspecified atom stereocenters. The van der Waals surface area contributed by atoms with E-state index in [1.54, 1.807) is 6.92 Å². The van der Waals surface area contributed by atoms with Gasteiger partial charge in [0.15, 0.2) is 0 Å². The molecule has 1 aliphatic rings. The minimum absolute atomic E-state index is 0.428. The second kappa shape index (κ2) is 11.4. The molecule has 34 heavy (non-hydrogen) atoms. The van der Waals surface area contributed by atoms with Crippen molar-refractivity contribution in [3.8, 4) is 0 Å². The number of allylic oxidation sites excluding steroid dienone is 5. The summed E-state index contributed by atoms with van der Waals surface area (Å²) in [6, 6.07) is 4.43. The molecule has 0 spiro atoms. The number of aryl methyl sites for hydroxylation is 2. The Kier molecular flexibility index (Phi) is 9.37. The predicted molar refractivity (Wildman–Crippen MR) is 152 cm³/mol. The molecule has 1 aromatic rings. The summed E-state index contributed by atoms with van der Waals surface area (Å²) in [7, 11) is 0. The lowest BCUT2D eigenvalue weighted by molar-refractivity contribution is 0.564. The predicted octanol–water partition coefficient (Wildman–Crippen LogP) is 7.60. The zero-order valence-corrected chi connectivity index (χ0v) is 23.0. The lowest BCUT2D eigenvalue weighted by Crippen LogP contribution is -2.26. The maximum atomic E-state index is 11.6. The Morgan fingerprint density at radius 2 is 1.76 bits per heavy atom. The van der Waals surface area contributed by atoms with Crippen molar-refractivity contribution in [2.75, 3.05) is 6.54 Å². The second-order valence-electron chi connectivity index (χ2n) is 9.63. The van der Waals surface area contributed by atoms with E-state index in [9.17, 15) is 4.79 Å². The van der Waals surface area contributed by atoms with Crippen LogP contribution >= 0.6 is 12.6 Å². The summed E-state index contributed by atoms with van der Waals surface area (Å²) in [4.78, 5) is 11.6. The quantitative estimate of drug-likeness (QED) is 0.231.